The number of hydrogen-bond acceptors (Lipinski definition) is 4. The molecule has 0 aliphatic rings. The van der Waals surface area contributed by atoms with Crippen LogP contribution in [0.2, 0.25) is 0 Å². The van der Waals surface area contributed by atoms with Crippen molar-refractivity contribution in [2.45, 2.75) is 63.2 Å². The Bertz CT molecular complexity index is 519. The Hall–Kier alpha value is -0.650. The van der Waals surface area contributed by atoms with E-state index in [0.717, 1.165) is 23.6 Å². The lowest BCUT2D eigenvalue weighted by Gasteiger charge is -2.25. The third kappa shape index (κ3) is 7.64. The first-order valence-electron chi connectivity index (χ1n) is 7.76. The average Bonchev–Trinajstić information content (AvgIpc) is 2.44. The highest BCUT2D eigenvalue weighted by Crippen LogP contribution is 2.32. The van der Waals surface area contributed by atoms with Crippen LogP contribution >= 0.6 is 11.8 Å². The predicted octanol–water partition coefficient (Wildman–Crippen LogP) is 5.02. The van der Waals surface area contributed by atoms with Crippen molar-refractivity contribution in [3.63, 3.8) is 0 Å². The van der Waals surface area contributed by atoms with Gasteiger partial charge in [-0.05, 0) is 45.4 Å². The minimum atomic E-state index is -1.18. The van der Waals surface area contributed by atoms with Gasteiger partial charge in [-0.3, -0.25) is 0 Å². The van der Waals surface area contributed by atoms with Gasteiger partial charge in [0, 0.05) is 16.9 Å². The fourth-order valence-corrected chi connectivity index (χ4v) is 3.66. The fraction of sp³-hybridized carbons (Fsp3) is 0.611. The van der Waals surface area contributed by atoms with Crippen LogP contribution < -0.4 is 4.74 Å². The van der Waals surface area contributed by atoms with E-state index in [1.807, 2.05) is 51.6 Å². The van der Waals surface area contributed by atoms with E-state index in [2.05, 4.69) is 30.4 Å². The van der Waals surface area contributed by atoms with E-state index in [-0.39, 0.29) is 9.49 Å². The molecule has 0 radical (unpaired) electrons. The smallest absolute Gasteiger partial charge is 0.144 e. The molecule has 1 unspecified atom stereocenters. The number of ether oxygens (including phenoxy) is 1. The summed E-state index contributed by atoms with van der Waals surface area (Å²) in [5.74, 6) is 1.82. The molecule has 1 rings (SSSR count). The van der Waals surface area contributed by atoms with E-state index < -0.39 is 11.4 Å². The zero-order chi connectivity index (χ0) is 17.7. The highest BCUT2D eigenvalue weighted by Gasteiger charge is 2.28. The summed E-state index contributed by atoms with van der Waals surface area (Å²) in [6.45, 7) is 12.2. The van der Waals surface area contributed by atoms with Gasteiger partial charge in [0.1, 0.15) is 21.9 Å². The molecule has 5 heteroatoms. The maximum absolute atomic E-state index is 12.1. The number of methoxy groups -OCH3 is 1. The lowest BCUT2D eigenvalue weighted by atomic mass is 10.1. The molecule has 0 aliphatic carbocycles. The molecule has 1 atom stereocenters. The van der Waals surface area contributed by atoms with Gasteiger partial charge in [0.2, 0.25) is 0 Å². The summed E-state index contributed by atoms with van der Waals surface area (Å²) >= 11 is 0.707. The van der Waals surface area contributed by atoms with Crippen LogP contribution in [0.25, 0.3) is 0 Å². The fourth-order valence-electron chi connectivity index (χ4n) is 1.98. The maximum Gasteiger partial charge on any atom is 0.144 e. The zero-order valence-electron chi connectivity index (χ0n) is 15.3. The highest BCUT2D eigenvalue weighted by atomic mass is 32.2. The van der Waals surface area contributed by atoms with Crippen LogP contribution in [0, 0.1) is 0 Å². The summed E-state index contributed by atoms with van der Waals surface area (Å²) in [7, 11) is 1.68. The Kier molecular flexibility index (Phi) is 7.49. The molecule has 0 aliphatic heterocycles. The quantitative estimate of drug-likeness (QED) is 0.509. The van der Waals surface area contributed by atoms with Crippen LogP contribution in [0.5, 0.6) is 5.75 Å². The predicted molar refractivity (Wildman–Crippen MR) is 104 cm³/mol. The standard InChI is InChI=1S/C18H29NO2S2/c1-14(19-23(20)17(2,3)4)12-18(5,6)22-13-15-8-10-16(21-7)11-9-15/h8-11H,12-13H2,1-7H3/b19-14+. The van der Waals surface area contributed by atoms with E-state index >= 15 is 0 Å². The van der Waals surface area contributed by atoms with Gasteiger partial charge in [-0.2, -0.15) is 11.8 Å². The summed E-state index contributed by atoms with van der Waals surface area (Å²) in [5, 5.41) is 0. The van der Waals surface area contributed by atoms with Crippen LogP contribution in [0.1, 0.15) is 53.5 Å². The Morgan fingerprint density at radius 2 is 1.74 bits per heavy atom. The molecule has 0 amide bonds. The van der Waals surface area contributed by atoms with Crippen molar-refractivity contribution in [3.05, 3.63) is 29.8 Å². The van der Waals surface area contributed by atoms with Crippen molar-refractivity contribution in [1.82, 2.24) is 0 Å². The summed E-state index contributed by atoms with van der Waals surface area (Å²) in [5.41, 5.74) is 2.22. The van der Waals surface area contributed by atoms with E-state index in [1.54, 1.807) is 7.11 Å². The first-order valence-corrected chi connectivity index (χ1v) is 9.86. The largest absolute Gasteiger partial charge is 0.591 e. The summed E-state index contributed by atoms with van der Waals surface area (Å²) in [6.07, 6.45) is 0.829. The van der Waals surface area contributed by atoms with E-state index in [9.17, 15) is 4.55 Å². The molecule has 0 saturated heterocycles. The minimum Gasteiger partial charge on any atom is -0.591 e. The lowest BCUT2D eigenvalue weighted by molar-refractivity contribution is 0.414. The summed E-state index contributed by atoms with van der Waals surface area (Å²) < 4.78 is 21.4. The Morgan fingerprint density at radius 1 is 1.17 bits per heavy atom. The number of thioether (sulfide) groups is 1. The molecule has 1 aromatic rings. The second kappa shape index (κ2) is 8.45. The van der Waals surface area contributed by atoms with Crippen molar-refractivity contribution < 1.29 is 9.29 Å². The van der Waals surface area contributed by atoms with E-state index in [1.165, 1.54) is 5.56 Å². The lowest BCUT2D eigenvalue weighted by Crippen LogP contribution is -2.28. The van der Waals surface area contributed by atoms with Crippen LogP contribution in [0.15, 0.2) is 28.7 Å². The topological polar surface area (TPSA) is 44.6 Å². The molecule has 0 spiro atoms. The van der Waals surface area contributed by atoms with Gasteiger partial charge >= 0.3 is 0 Å². The summed E-state index contributed by atoms with van der Waals surface area (Å²) in [6, 6.07) is 8.17. The molecule has 0 aromatic heterocycles. The van der Waals surface area contributed by atoms with Crippen molar-refractivity contribution in [3.8, 4) is 5.75 Å². The second-order valence-corrected chi connectivity index (χ2v) is 10.8. The first-order chi connectivity index (χ1) is 10.5. The van der Waals surface area contributed by atoms with Gasteiger partial charge in [0.25, 0.3) is 0 Å². The van der Waals surface area contributed by atoms with E-state index in [4.69, 9.17) is 4.74 Å². The molecule has 0 fully saturated rings. The molecule has 0 bridgehead atoms. The van der Waals surface area contributed by atoms with Crippen LogP contribution in [0.4, 0.5) is 0 Å². The highest BCUT2D eigenvalue weighted by molar-refractivity contribution is 7.99. The maximum atomic E-state index is 12.1. The molecular formula is C18H29NO2S2. The van der Waals surface area contributed by atoms with Crippen molar-refractivity contribution in [2.75, 3.05) is 7.11 Å². The number of rotatable bonds is 7. The van der Waals surface area contributed by atoms with Gasteiger partial charge in [-0.1, -0.05) is 30.4 Å². The third-order valence-corrected chi connectivity index (χ3v) is 6.16. The molecule has 0 saturated carbocycles. The number of nitrogens with zero attached hydrogens (tertiary/aromatic N) is 1. The van der Waals surface area contributed by atoms with Crippen molar-refractivity contribution >= 4 is 28.8 Å². The molecule has 130 valence electrons. The molecule has 0 N–H and O–H groups in total. The Labute approximate surface area is 148 Å². The monoisotopic (exact) mass is 355 g/mol. The molecule has 1 aromatic carbocycles. The zero-order valence-corrected chi connectivity index (χ0v) is 16.9. The van der Waals surface area contributed by atoms with Crippen LogP contribution in [-0.4, -0.2) is 26.9 Å². The SMILES string of the molecule is COc1ccc(CSC(C)(C)C/C(C)=N/[S+]([O-])C(C)(C)C)cc1. The number of benzene rings is 1. The van der Waals surface area contributed by atoms with Gasteiger partial charge in [0.05, 0.1) is 12.8 Å². The molecule has 23 heavy (non-hydrogen) atoms. The van der Waals surface area contributed by atoms with Crippen LogP contribution in [0.3, 0.4) is 0 Å². The van der Waals surface area contributed by atoms with Gasteiger partial charge in [-0.25, -0.2) is 0 Å². The minimum absolute atomic E-state index is 0.0512. The van der Waals surface area contributed by atoms with Gasteiger partial charge < -0.3 is 9.29 Å². The normalized spacial score (nSPS) is 14.7. The van der Waals surface area contributed by atoms with E-state index in [0.29, 0.717) is 0 Å². The first kappa shape index (κ1) is 20.4. The van der Waals surface area contributed by atoms with Gasteiger partial charge in [-0.15, -0.1) is 0 Å². The third-order valence-electron chi connectivity index (χ3n) is 3.23. The summed E-state index contributed by atoms with van der Waals surface area (Å²) in [4.78, 5) is 0. The Morgan fingerprint density at radius 3 is 2.22 bits per heavy atom. The van der Waals surface area contributed by atoms with Crippen LogP contribution in [-0.2, 0) is 17.1 Å². The van der Waals surface area contributed by atoms with Crippen molar-refractivity contribution in [1.29, 1.82) is 0 Å². The average molecular weight is 356 g/mol. The Balaban J connectivity index is 2.59. The van der Waals surface area contributed by atoms with Gasteiger partial charge in [0.15, 0.2) is 0 Å². The molecule has 3 nitrogen and oxygen atoms in total. The number of hydrogen-bond donors (Lipinski definition) is 0. The molecule has 0 heterocycles. The second-order valence-electron chi connectivity index (χ2n) is 7.26. The molecular weight excluding hydrogens is 326 g/mol. The van der Waals surface area contributed by atoms with Crippen molar-refractivity contribution in [2.24, 2.45) is 4.40 Å².